The predicted octanol–water partition coefficient (Wildman–Crippen LogP) is 4.36. The maximum atomic E-state index is 6.06. The van der Waals surface area contributed by atoms with Crippen LogP contribution in [0.5, 0.6) is 0 Å². The van der Waals surface area contributed by atoms with Gasteiger partial charge in [-0.25, -0.2) is 0 Å². The molecule has 0 amide bonds. The number of halogens is 1. The number of fused-ring (bicyclic) bond motifs is 1. The zero-order chi connectivity index (χ0) is 12.6. The van der Waals surface area contributed by atoms with Crippen molar-refractivity contribution in [2.75, 3.05) is 12.4 Å². The quantitative estimate of drug-likeness (QED) is 0.854. The predicted molar refractivity (Wildman–Crippen MR) is 75.1 cm³/mol. The molecule has 1 heterocycles. The number of benzene rings is 1. The lowest BCUT2D eigenvalue weighted by molar-refractivity contribution is 0.849. The van der Waals surface area contributed by atoms with Gasteiger partial charge in [-0.15, -0.1) is 0 Å². The molecule has 0 aliphatic rings. The van der Waals surface area contributed by atoms with Crippen LogP contribution in [-0.2, 0) is 0 Å². The van der Waals surface area contributed by atoms with Gasteiger partial charge < -0.3 is 5.32 Å². The van der Waals surface area contributed by atoms with Gasteiger partial charge >= 0.3 is 0 Å². The minimum atomic E-state index is 0.438. The Balaban J connectivity index is 2.87. The molecule has 0 fully saturated rings. The molecule has 0 bridgehead atoms. The Labute approximate surface area is 107 Å². The summed E-state index contributed by atoms with van der Waals surface area (Å²) in [4.78, 5) is 4.65. The lowest BCUT2D eigenvalue weighted by Gasteiger charge is -2.17. The standard InChI is InChI=1S/C14H17ClN2/c1-8(2)13-9(3)17-12-6-5-10(15)7-11(12)14(13)16-4/h5-8H,1-4H3,(H,16,17). The fourth-order valence-electron chi connectivity index (χ4n) is 2.35. The zero-order valence-corrected chi connectivity index (χ0v) is 11.4. The van der Waals surface area contributed by atoms with Crippen LogP contribution in [0.2, 0.25) is 5.02 Å². The molecule has 2 nitrogen and oxygen atoms in total. The molecule has 3 heteroatoms. The van der Waals surface area contributed by atoms with Gasteiger partial charge in [0, 0.05) is 28.8 Å². The monoisotopic (exact) mass is 248 g/mol. The highest BCUT2D eigenvalue weighted by molar-refractivity contribution is 6.31. The molecule has 2 aromatic rings. The smallest absolute Gasteiger partial charge is 0.0727 e. The normalized spacial score (nSPS) is 11.2. The van der Waals surface area contributed by atoms with Crippen molar-refractivity contribution in [3.63, 3.8) is 0 Å². The molecule has 0 atom stereocenters. The summed E-state index contributed by atoms with van der Waals surface area (Å²) in [5, 5.41) is 5.13. The summed E-state index contributed by atoms with van der Waals surface area (Å²) < 4.78 is 0. The second kappa shape index (κ2) is 4.53. The fourth-order valence-corrected chi connectivity index (χ4v) is 2.52. The number of anilines is 1. The number of rotatable bonds is 2. The van der Waals surface area contributed by atoms with E-state index >= 15 is 0 Å². The largest absolute Gasteiger partial charge is 0.387 e. The van der Waals surface area contributed by atoms with Gasteiger partial charge in [-0.1, -0.05) is 25.4 Å². The SMILES string of the molecule is CNc1c(C(C)C)c(C)nc2ccc(Cl)cc12. The Kier molecular flexibility index (Phi) is 3.25. The van der Waals surface area contributed by atoms with Crippen LogP contribution in [0.4, 0.5) is 5.69 Å². The van der Waals surface area contributed by atoms with Crippen molar-refractivity contribution in [1.29, 1.82) is 0 Å². The molecule has 0 aliphatic heterocycles. The summed E-state index contributed by atoms with van der Waals surface area (Å²) >= 11 is 6.06. The van der Waals surface area contributed by atoms with E-state index in [9.17, 15) is 0 Å². The number of nitrogens with one attached hydrogen (secondary N) is 1. The van der Waals surface area contributed by atoms with Crippen LogP contribution in [0, 0.1) is 6.92 Å². The lowest BCUT2D eigenvalue weighted by Crippen LogP contribution is -2.03. The van der Waals surface area contributed by atoms with E-state index in [0.717, 1.165) is 27.3 Å². The van der Waals surface area contributed by atoms with Crippen LogP contribution in [0.15, 0.2) is 18.2 Å². The molecule has 17 heavy (non-hydrogen) atoms. The average molecular weight is 249 g/mol. The summed E-state index contributed by atoms with van der Waals surface area (Å²) in [6.07, 6.45) is 0. The van der Waals surface area contributed by atoms with Crippen LogP contribution in [0.1, 0.15) is 31.0 Å². The van der Waals surface area contributed by atoms with E-state index < -0.39 is 0 Å². The molecule has 0 aliphatic carbocycles. The van der Waals surface area contributed by atoms with Gasteiger partial charge in [0.2, 0.25) is 0 Å². The Bertz CT molecular complexity index is 562. The molecule has 0 spiro atoms. The summed E-state index contributed by atoms with van der Waals surface area (Å²) in [7, 11) is 1.95. The molecule has 0 unspecified atom stereocenters. The van der Waals surface area contributed by atoms with E-state index in [-0.39, 0.29) is 0 Å². The van der Waals surface area contributed by atoms with Crippen LogP contribution in [0.25, 0.3) is 10.9 Å². The summed E-state index contributed by atoms with van der Waals surface area (Å²) in [5.74, 6) is 0.438. The zero-order valence-electron chi connectivity index (χ0n) is 10.6. The van der Waals surface area contributed by atoms with Gasteiger partial charge in [0.1, 0.15) is 0 Å². The van der Waals surface area contributed by atoms with E-state index in [1.54, 1.807) is 0 Å². The van der Waals surface area contributed by atoms with Crippen LogP contribution in [0.3, 0.4) is 0 Å². The van der Waals surface area contributed by atoms with E-state index in [1.165, 1.54) is 5.56 Å². The molecule has 90 valence electrons. The number of hydrogen-bond acceptors (Lipinski definition) is 2. The van der Waals surface area contributed by atoms with E-state index in [0.29, 0.717) is 5.92 Å². The topological polar surface area (TPSA) is 24.9 Å². The minimum absolute atomic E-state index is 0.438. The highest BCUT2D eigenvalue weighted by atomic mass is 35.5. The molecular formula is C14H17ClN2. The number of hydrogen-bond donors (Lipinski definition) is 1. The number of pyridine rings is 1. The number of aryl methyl sites for hydroxylation is 1. The van der Waals surface area contributed by atoms with Gasteiger partial charge in [-0.05, 0) is 36.6 Å². The molecule has 0 saturated heterocycles. The second-order valence-corrected chi connectivity index (χ2v) is 4.99. The van der Waals surface area contributed by atoms with Crippen molar-refractivity contribution in [2.45, 2.75) is 26.7 Å². The first kappa shape index (κ1) is 12.2. The summed E-state index contributed by atoms with van der Waals surface area (Å²) in [6, 6.07) is 5.82. The van der Waals surface area contributed by atoms with Crippen molar-refractivity contribution >= 4 is 28.2 Å². The summed E-state index contributed by atoms with van der Waals surface area (Å²) in [6.45, 7) is 6.42. The third-order valence-electron chi connectivity index (χ3n) is 3.00. The van der Waals surface area contributed by atoms with Crippen molar-refractivity contribution < 1.29 is 0 Å². The maximum absolute atomic E-state index is 6.06. The molecule has 0 saturated carbocycles. The van der Waals surface area contributed by atoms with Gasteiger partial charge in [-0.2, -0.15) is 0 Å². The average Bonchev–Trinajstić information content (AvgIpc) is 2.27. The Morgan fingerprint density at radius 3 is 2.59 bits per heavy atom. The highest BCUT2D eigenvalue weighted by Gasteiger charge is 2.14. The Morgan fingerprint density at radius 1 is 1.29 bits per heavy atom. The van der Waals surface area contributed by atoms with Gasteiger partial charge in [0.25, 0.3) is 0 Å². The van der Waals surface area contributed by atoms with E-state index in [1.807, 2.05) is 25.2 Å². The first-order chi connectivity index (χ1) is 8.04. The molecular weight excluding hydrogens is 232 g/mol. The van der Waals surface area contributed by atoms with Crippen molar-refractivity contribution in [1.82, 2.24) is 4.98 Å². The van der Waals surface area contributed by atoms with E-state index in [2.05, 4.69) is 31.1 Å². The maximum Gasteiger partial charge on any atom is 0.0727 e. The van der Waals surface area contributed by atoms with Gasteiger partial charge in [0.15, 0.2) is 0 Å². The third kappa shape index (κ3) is 2.09. The molecule has 1 aromatic heterocycles. The molecule has 2 rings (SSSR count). The number of nitrogens with zero attached hydrogens (tertiary/aromatic N) is 1. The van der Waals surface area contributed by atoms with Gasteiger partial charge in [-0.3, -0.25) is 4.98 Å². The van der Waals surface area contributed by atoms with Crippen LogP contribution >= 0.6 is 11.6 Å². The summed E-state index contributed by atoms with van der Waals surface area (Å²) in [5.41, 5.74) is 4.48. The van der Waals surface area contributed by atoms with Gasteiger partial charge in [0.05, 0.1) is 5.52 Å². The number of aromatic nitrogens is 1. The Morgan fingerprint density at radius 2 is 2.00 bits per heavy atom. The second-order valence-electron chi connectivity index (χ2n) is 4.55. The van der Waals surface area contributed by atoms with Crippen LogP contribution in [-0.4, -0.2) is 12.0 Å². The molecule has 1 N–H and O–H groups in total. The lowest BCUT2D eigenvalue weighted by atomic mass is 9.97. The third-order valence-corrected chi connectivity index (χ3v) is 3.24. The first-order valence-electron chi connectivity index (χ1n) is 5.82. The highest BCUT2D eigenvalue weighted by Crippen LogP contribution is 2.34. The molecule has 1 aromatic carbocycles. The minimum Gasteiger partial charge on any atom is -0.387 e. The van der Waals surface area contributed by atoms with Crippen LogP contribution < -0.4 is 5.32 Å². The van der Waals surface area contributed by atoms with E-state index in [4.69, 9.17) is 11.6 Å². The Hall–Kier alpha value is -1.28. The molecule has 0 radical (unpaired) electrons. The van der Waals surface area contributed by atoms with Crippen molar-refractivity contribution in [3.05, 3.63) is 34.5 Å². The van der Waals surface area contributed by atoms with Crippen molar-refractivity contribution in [3.8, 4) is 0 Å². The first-order valence-corrected chi connectivity index (χ1v) is 6.20. The fraction of sp³-hybridized carbons (Fsp3) is 0.357. The van der Waals surface area contributed by atoms with Crippen molar-refractivity contribution in [2.24, 2.45) is 0 Å².